The van der Waals surface area contributed by atoms with Gasteiger partial charge in [0.05, 0.1) is 5.75 Å². The summed E-state index contributed by atoms with van der Waals surface area (Å²) in [6.07, 6.45) is 0. The summed E-state index contributed by atoms with van der Waals surface area (Å²) in [5, 5.41) is 2.93. The van der Waals surface area contributed by atoms with Gasteiger partial charge in [0, 0.05) is 11.4 Å². The fraction of sp³-hybridized carbons (Fsp3) is 0.174. The van der Waals surface area contributed by atoms with Crippen LogP contribution in [0.15, 0.2) is 78.9 Å². The maximum absolute atomic E-state index is 12.1. The average Bonchev–Trinajstić information content (AvgIpc) is 2.70. The first kappa shape index (κ1) is 19.1. The highest BCUT2D eigenvalue weighted by Crippen LogP contribution is 2.19. The summed E-state index contributed by atoms with van der Waals surface area (Å²) in [4.78, 5) is 12.1. The number of ether oxygens (including phenoxy) is 1. The molecule has 27 heavy (non-hydrogen) atoms. The van der Waals surface area contributed by atoms with Gasteiger partial charge in [-0.15, -0.1) is 11.8 Å². The number of hydrogen-bond acceptors (Lipinski definition) is 3. The SMILES string of the molecule is Cc1ccccc1CSCC(=O)Nc1ccc(OCc2ccccc2)cc1. The predicted molar refractivity (Wildman–Crippen MR) is 113 cm³/mol. The highest BCUT2D eigenvalue weighted by atomic mass is 32.2. The molecule has 4 heteroatoms. The Hall–Kier alpha value is -2.72. The zero-order chi connectivity index (χ0) is 18.9. The lowest BCUT2D eigenvalue weighted by Gasteiger charge is -2.09. The van der Waals surface area contributed by atoms with Crippen LogP contribution >= 0.6 is 11.8 Å². The van der Waals surface area contributed by atoms with E-state index in [0.29, 0.717) is 12.4 Å². The van der Waals surface area contributed by atoms with E-state index >= 15 is 0 Å². The molecule has 0 aliphatic carbocycles. The second-order valence-corrected chi connectivity index (χ2v) is 7.25. The molecule has 0 aliphatic rings. The topological polar surface area (TPSA) is 38.3 Å². The zero-order valence-electron chi connectivity index (χ0n) is 15.4. The molecule has 3 nitrogen and oxygen atoms in total. The molecule has 0 fully saturated rings. The average molecular weight is 378 g/mol. The molecule has 3 aromatic rings. The number of nitrogens with one attached hydrogen (secondary N) is 1. The van der Waals surface area contributed by atoms with E-state index in [1.807, 2.05) is 66.7 Å². The summed E-state index contributed by atoms with van der Waals surface area (Å²) in [5.41, 5.74) is 4.44. The highest BCUT2D eigenvalue weighted by Gasteiger charge is 2.05. The lowest BCUT2D eigenvalue weighted by molar-refractivity contribution is -0.113. The number of aryl methyl sites for hydroxylation is 1. The smallest absolute Gasteiger partial charge is 0.234 e. The van der Waals surface area contributed by atoms with E-state index < -0.39 is 0 Å². The van der Waals surface area contributed by atoms with Crippen LogP contribution < -0.4 is 10.1 Å². The van der Waals surface area contributed by atoms with Crippen molar-refractivity contribution in [3.8, 4) is 5.75 Å². The van der Waals surface area contributed by atoms with Gasteiger partial charge in [-0.25, -0.2) is 0 Å². The second-order valence-electron chi connectivity index (χ2n) is 6.27. The van der Waals surface area contributed by atoms with Gasteiger partial charge in [0.2, 0.25) is 5.91 Å². The van der Waals surface area contributed by atoms with Gasteiger partial charge in [-0.1, -0.05) is 54.6 Å². The molecule has 0 aliphatic heterocycles. The number of carbonyl (C=O) groups excluding carboxylic acids is 1. The molecule has 0 atom stereocenters. The Kier molecular flexibility index (Phi) is 6.94. The minimum atomic E-state index is 0.00605. The molecule has 1 amide bonds. The van der Waals surface area contributed by atoms with Crippen molar-refractivity contribution in [1.82, 2.24) is 0 Å². The maximum Gasteiger partial charge on any atom is 0.234 e. The van der Waals surface area contributed by atoms with Crippen LogP contribution in [-0.4, -0.2) is 11.7 Å². The molecule has 3 rings (SSSR count). The fourth-order valence-electron chi connectivity index (χ4n) is 2.60. The van der Waals surface area contributed by atoms with E-state index in [-0.39, 0.29) is 5.91 Å². The molecule has 1 N–H and O–H groups in total. The molecule has 0 radical (unpaired) electrons. The van der Waals surface area contributed by atoms with Gasteiger partial charge in [0.1, 0.15) is 12.4 Å². The summed E-state index contributed by atoms with van der Waals surface area (Å²) >= 11 is 1.62. The van der Waals surface area contributed by atoms with Crippen molar-refractivity contribution in [2.24, 2.45) is 0 Å². The van der Waals surface area contributed by atoms with Crippen molar-refractivity contribution in [2.45, 2.75) is 19.3 Å². The van der Waals surface area contributed by atoms with Gasteiger partial charge in [0.25, 0.3) is 0 Å². The van der Waals surface area contributed by atoms with Gasteiger partial charge in [-0.2, -0.15) is 0 Å². The van der Waals surface area contributed by atoms with Crippen LogP contribution in [0.1, 0.15) is 16.7 Å². The van der Waals surface area contributed by atoms with Crippen LogP contribution in [0.3, 0.4) is 0 Å². The van der Waals surface area contributed by atoms with Gasteiger partial charge >= 0.3 is 0 Å². The molecule has 0 heterocycles. The van der Waals surface area contributed by atoms with Gasteiger partial charge < -0.3 is 10.1 Å². The van der Waals surface area contributed by atoms with E-state index in [0.717, 1.165) is 22.8 Å². The van der Waals surface area contributed by atoms with Crippen LogP contribution in [-0.2, 0) is 17.2 Å². The van der Waals surface area contributed by atoms with Crippen LogP contribution in [0.25, 0.3) is 0 Å². The number of benzene rings is 3. The Bertz CT molecular complexity index is 863. The number of anilines is 1. The molecule has 0 saturated carbocycles. The van der Waals surface area contributed by atoms with E-state index in [4.69, 9.17) is 4.74 Å². The molecule has 0 spiro atoms. The van der Waals surface area contributed by atoms with Crippen molar-refractivity contribution < 1.29 is 9.53 Å². The quantitative estimate of drug-likeness (QED) is 0.567. The van der Waals surface area contributed by atoms with Crippen molar-refractivity contribution >= 4 is 23.4 Å². The third kappa shape index (κ3) is 6.19. The van der Waals surface area contributed by atoms with Gasteiger partial charge in [0.15, 0.2) is 0 Å². The second kappa shape index (κ2) is 9.83. The lowest BCUT2D eigenvalue weighted by Crippen LogP contribution is -2.14. The fourth-order valence-corrected chi connectivity index (χ4v) is 3.50. The summed E-state index contributed by atoms with van der Waals surface area (Å²) < 4.78 is 5.76. The minimum absolute atomic E-state index is 0.00605. The normalized spacial score (nSPS) is 10.4. The Balaban J connectivity index is 1.42. The standard InChI is InChI=1S/C23H23NO2S/c1-18-7-5-6-10-20(18)16-27-17-23(25)24-21-11-13-22(14-12-21)26-15-19-8-3-2-4-9-19/h2-14H,15-17H2,1H3,(H,24,25). The van der Waals surface area contributed by atoms with Crippen LogP contribution in [0, 0.1) is 6.92 Å². The Morgan fingerprint density at radius 1 is 0.926 bits per heavy atom. The summed E-state index contributed by atoms with van der Waals surface area (Å²) in [5.74, 6) is 2.06. The maximum atomic E-state index is 12.1. The lowest BCUT2D eigenvalue weighted by atomic mass is 10.1. The van der Waals surface area contributed by atoms with Crippen LogP contribution in [0.4, 0.5) is 5.69 Å². The Morgan fingerprint density at radius 2 is 1.63 bits per heavy atom. The molecular weight excluding hydrogens is 354 g/mol. The summed E-state index contributed by atoms with van der Waals surface area (Å²) in [6.45, 7) is 2.62. The summed E-state index contributed by atoms with van der Waals surface area (Å²) in [7, 11) is 0. The molecule has 0 saturated heterocycles. The van der Waals surface area contributed by atoms with E-state index in [2.05, 4.69) is 24.4 Å². The van der Waals surface area contributed by atoms with Crippen LogP contribution in [0.2, 0.25) is 0 Å². The molecule has 0 unspecified atom stereocenters. The largest absolute Gasteiger partial charge is 0.489 e. The first-order valence-electron chi connectivity index (χ1n) is 8.89. The van der Waals surface area contributed by atoms with Crippen molar-refractivity contribution in [3.05, 3.63) is 95.6 Å². The highest BCUT2D eigenvalue weighted by molar-refractivity contribution is 7.99. The molecule has 3 aromatic carbocycles. The third-order valence-corrected chi connectivity index (χ3v) is 5.12. The molecular formula is C23H23NO2S. The zero-order valence-corrected chi connectivity index (χ0v) is 16.2. The first-order valence-corrected chi connectivity index (χ1v) is 10.0. The molecule has 138 valence electrons. The number of rotatable bonds is 8. The number of carbonyl (C=O) groups is 1. The van der Waals surface area contributed by atoms with Gasteiger partial charge in [-0.3, -0.25) is 4.79 Å². The minimum Gasteiger partial charge on any atom is -0.489 e. The monoisotopic (exact) mass is 377 g/mol. The molecule has 0 bridgehead atoms. The Labute approximate surface area is 164 Å². The predicted octanol–water partition coefficient (Wildman–Crippen LogP) is 5.45. The third-order valence-electron chi connectivity index (χ3n) is 4.14. The molecule has 0 aromatic heterocycles. The van der Waals surface area contributed by atoms with Crippen LogP contribution in [0.5, 0.6) is 5.75 Å². The van der Waals surface area contributed by atoms with E-state index in [1.165, 1.54) is 11.1 Å². The van der Waals surface area contributed by atoms with Gasteiger partial charge in [-0.05, 0) is 47.9 Å². The van der Waals surface area contributed by atoms with E-state index in [9.17, 15) is 4.79 Å². The van der Waals surface area contributed by atoms with Crippen molar-refractivity contribution in [1.29, 1.82) is 0 Å². The number of amides is 1. The van der Waals surface area contributed by atoms with Crippen molar-refractivity contribution in [2.75, 3.05) is 11.1 Å². The number of thioether (sulfide) groups is 1. The number of hydrogen-bond donors (Lipinski definition) is 1. The summed E-state index contributed by atoms with van der Waals surface area (Å²) in [6, 6.07) is 25.8. The Morgan fingerprint density at radius 3 is 2.37 bits per heavy atom. The van der Waals surface area contributed by atoms with Crippen molar-refractivity contribution in [3.63, 3.8) is 0 Å². The van der Waals surface area contributed by atoms with E-state index in [1.54, 1.807) is 11.8 Å². The first-order chi connectivity index (χ1) is 13.2.